The molecule has 2 nitrogen and oxygen atoms in total. The zero-order valence-corrected chi connectivity index (χ0v) is 10.5. The van der Waals surface area contributed by atoms with Crippen molar-refractivity contribution in [3.8, 4) is 0 Å². The summed E-state index contributed by atoms with van der Waals surface area (Å²) in [6.45, 7) is 2.16. The van der Waals surface area contributed by atoms with Crippen LogP contribution in [-0.4, -0.2) is 16.7 Å². The maximum atomic E-state index is 13.5. The molecule has 0 unspecified atom stereocenters. The number of nitrogens with one attached hydrogen (secondary N) is 1. The molecular weight excluding hydrogens is 241 g/mol. The van der Waals surface area contributed by atoms with Crippen LogP contribution in [0, 0.1) is 11.7 Å². The van der Waals surface area contributed by atoms with E-state index in [0.29, 0.717) is 11.5 Å². The molecule has 1 aromatic carbocycles. The smallest absolute Gasteiger partial charge is 0.129 e. The third-order valence-corrected chi connectivity index (χ3v) is 4.01. The largest absolute Gasteiger partial charge is 0.387 e. The van der Waals surface area contributed by atoms with E-state index in [1.54, 1.807) is 18.2 Å². The summed E-state index contributed by atoms with van der Waals surface area (Å²) in [5.41, 5.74) is 0.595. The Bertz CT molecular complexity index is 420. The molecule has 4 rings (SSSR count). The normalized spacial score (nSPS) is 35.9. The number of halogens is 2. The Balaban J connectivity index is 0.00000108. The lowest BCUT2D eigenvalue weighted by Gasteiger charge is -2.33. The standard InChI is InChI=1S/C13H16FNO.ClH/c1-13-6-8(7-13)11(15-13)12(16)9-4-2-3-5-10(9)14;/h2-5,8,11-12,15-16H,6-7H2,1H3;1H/t8?,11-,12+,13?;/m0./s1. The number of benzene rings is 1. The van der Waals surface area contributed by atoms with Gasteiger partial charge in [0.1, 0.15) is 5.82 Å². The minimum atomic E-state index is -0.726. The lowest BCUT2D eigenvalue weighted by Crippen LogP contribution is -2.40. The molecule has 4 heteroatoms. The minimum Gasteiger partial charge on any atom is -0.387 e. The molecule has 2 atom stereocenters. The van der Waals surface area contributed by atoms with E-state index >= 15 is 0 Å². The Labute approximate surface area is 107 Å². The zero-order valence-electron chi connectivity index (χ0n) is 9.69. The topological polar surface area (TPSA) is 32.3 Å². The van der Waals surface area contributed by atoms with Gasteiger partial charge >= 0.3 is 0 Å². The fourth-order valence-electron chi connectivity index (χ4n) is 3.23. The fraction of sp³-hybridized carbons (Fsp3) is 0.538. The Morgan fingerprint density at radius 2 is 2.06 bits per heavy atom. The molecule has 0 radical (unpaired) electrons. The van der Waals surface area contributed by atoms with E-state index in [-0.39, 0.29) is 29.8 Å². The van der Waals surface area contributed by atoms with Crippen LogP contribution in [0.25, 0.3) is 0 Å². The Morgan fingerprint density at radius 1 is 1.41 bits per heavy atom. The van der Waals surface area contributed by atoms with E-state index in [0.717, 1.165) is 12.8 Å². The molecule has 0 spiro atoms. The Morgan fingerprint density at radius 3 is 2.59 bits per heavy atom. The van der Waals surface area contributed by atoms with Crippen LogP contribution in [0.3, 0.4) is 0 Å². The van der Waals surface area contributed by atoms with Crippen LogP contribution in [0.15, 0.2) is 24.3 Å². The number of hydrogen-bond donors (Lipinski definition) is 2. The minimum absolute atomic E-state index is 0. The highest BCUT2D eigenvalue weighted by Gasteiger charge is 2.54. The van der Waals surface area contributed by atoms with Crippen molar-refractivity contribution in [3.63, 3.8) is 0 Å². The van der Waals surface area contributed by atoms with Crippen molar-refractivity contribution in [2.75, 3.05) is 0 Å². The van der Waals surface area contributed by atoms with Gasteiger partial charge in [-0.1, -0.05) is 18.2 Å². The van der Waals surface area contributed by atoms with Gasteiger partial charge in [-0.3, -0.25) is 0 Å². The number of hydrogen-bond acceptors (Lipinski definition) is 2. The molecule has 94 valence electrons. The van der Waals surface area contributed by atoms with E-state index < -0.39 is 6.10 Å². The molecule has 2 saturated heterocycles. The van der Waals surface area contributed by atoms with Crippen molar-refractivity contribution >= 4 is 12.4 Å². The third kappa shape index (κ3) is 1.96. The summed E-state index contributed by atoms with van der Waals surface area (Å²) in [5, 5.41) is 13.6. The number of rotatable bonds is 2. The number of aliphatic hydroxyl groups excluding tert-OH is 1. The number of aliphatic hydroxyl groups is 1. The fourth-order valence-corrected chi connectivity index (χ4v) is 3.23. The summed E-state index contributed by atoms with van der Waals surface area (Å²) in [6.07, 6.45) is 1.47. The molecule has 0 aromatic heterocycles. The number of fused-ring (bicyclic) bond motifs is 1. The second kappa shape index (κ2) is 4.23. The summed E-state index contributed by atoms with van der Waals surface area (Å²) >= 11 is 0. The Kier molecular flexibility index (Phi) is 3.19. The van der Waals surface area contributed by atoms with Crippen LogP contribution >= 0.6 is 12.4 Å². The first-order valence-electron chi connectivity index (χ1n) is 5.79. The van der Waals surface area contributed by atoms with Gasteiger partial charge in [-0.15, -0.1) is 12.4 Å². The summed E-state index contributed by atoms with van der Waals surface area (Å²) in [5.74, 6) is 0.186. The van der Waals surface area contributed by atoms with Crippen LogP contribution in [0.5, 0.6) is 0 Å². The van der Waals surface area contributed by atoms with Gasteiger partial charge in [0, 0.05) is 17.1 Å². The van der Waals surface area contributed by atoms with Gasteiger partial charge in [0.2, 0.25) is 0 Å². The third-order valence-electron chi connectivity index (χ3n) is 4.01. The van der Waals surface area contributed by atoms with Gasteiger partial charge in [0.25, 0.3) is 0 Å². The molecule has 3 aliphatic rings. The average Bonchev–Trinajstić information content (AvgIpc) is 2.71. The van der Waals surface area contributed by atoms with Crippen LogP contribution < -0.4 is 5.32 Å². The van der Waals surface area contributed by atoms with Crippen molar-refractivity contribution in [2.24, 2.45) is 5.92 Å². The molecule has 2 bridgehead atoms. The van der Waals surface area contributed by atoms with Gasteiger partial charge in [0.05, 0.1) is 6.10 Å². The van der Waals surface area contributed by atoms with Crippen LogP contribution in [0.4, 0.5) is 4.39 Å². The highest BCUT2D eigenvalue weighted by atomic mass is 35.5. The summed E-state index contributed by atoms with van der Waals surface area (Å²) in [6, 6.07) is 6.50. The zero-order chi connectivity index (χ0) is 11.3. The molecule has 2 aliphatic heterocycles. The molecule has 17 heavy (non-hydrogen) atoms. The summed E-state index contributed by atoms with van der Waals surface area (Å²) < 4.78 is 13.5. The first-order valence-corrected chi connectivity index (χ1v) is 5.79. The van der Waals surface area contributed by atoms with Gasteiger partial charge < -0.3 is 10.4 Å². The molecule has 1 aromatic rings. The molecular formula is C13H17ClFNO. The van der Waals surface area contributed by atoms with E-state index in [1.807, 2.05) is 0 Å². The molecule has 2 N–H and O–H groups in total. The van der Waals surface area contributed by atoms with Crippen molar-refractivity contribution in [1.82, 2.24) is 5.32 Å². The predicted octanol–water partition coefficient (Wildman–Crippen LogP) is 2.42. The monoisotopic (exact) mass is 257 g/mol. The van der Waals surface area contributed by atoms with Gasteiger partial charge in [-0.2, -0.15) is 0 Å². The second-order valence-electron chi connectivity index (χ2n) is 5.37. The quantitative estimate of drug-likeness (QED) is 0.853. The molecule has 0 amide bonds. The van der Waals surface area contributed by atoms with Gasteiger partial charge in [-0.25, -0.2) is 4.39 Å². The highest BCUT2D eigenvalue weighted by Crippen LogP contribution is 2.50. The van der Waals surface area contributed by atoms with Crippen molar-refractivity contribution < 1.29 is 9.50 Å². The van der Waals surface area contributed by atoms with E-state index in [9.17, 15) is 9.50 Å². The van der Waals surface area contributed by atoms with Crippen molar-refractivity contribution in [3.05, 3.63) is 35.6 Å². The van der Waals surface area contributed by atoms with E-state index in [1.165, 1.54) is 6.07 Å². The molecule has 3 fully saturated rings. The SMILES string of the molecule is CC12CC(C1)[C@@H]([C@H](O)c1ccccc1F)N2.Cl. The maximum Gasteiger partial charge on any atom is 0.129 e. The van der Waals surface area contributed by atoms with Crippen molar-refractivity contribution in [1.29, 1.82) is 0 Å². The second-order valence-corrected chi connectivity index (χ2v) is 5.37. The van der Waals surface area contributed by atoms with Gasteiger partial charge in [0.15, 0.2) is 0 Å². The highest BCUT2D eigenvalue weighted by molar-refractivity contribution is 5.85. The maximum absolute atomic E-state index is 13.5. The molecule has 1 aliphatic carbocycles. The lowest BCUT2D eigenvalue weighted by molar-refractivity contribution is 0.118. The summed E-state index contributed by atoms with van der Waals surface area (Å²) in [4.78, 5) is 0. The van der Waals surface area contributed by atoms with Crippen LogP contribution in [-0.2, 0) is 0 Å². The van der Waals surface area contributed by atoms with E-state index in [4.69, 9.17) is 0 Å². The molecule has 2 heterocycles. The van der Waals surface area contributed by atoms with Crippen molar-refractivity contribution in [2.45, 2.75) is 37.5 Å². The van der Waals surface area contributed by atoms with Crippen LogP contribution in [0.1, 0.15) is 31.4 Å². The predicted molar refractivity (Wildman–Crippen MR) is 66.7 cm³/mol. The molecule has 1 saturated carbocycles. The average molecular weight is 258 g/mol. The Hall–Kier alpha value is -0.640. The first-order chi connectivity index (χ1) is 7.59. The van der Waals surface area contributed by atoms with Gasteiger partial charge in [-0.05, 0) is 31.7 Å². The van der Waals surface area contributed by atoms with Crippen LogP contribution in [0.2, 0.25) is 0 Å². The lowest BCUT2D eigenvalue weighted by atomic mass is 9.72. The van der Waals surface area contributed by atoms with E-state index in [2.05, 4.69) is 12.2 Å². The first kappa shape index (κ1) is 12.8. The summed E-state index contributed by atoms with van der Waals surface area (Å²) in [7, 11) is 0.